The third-order valence-electron chi connectivity index (χ3n) is 11.2. The molecule has 0 aromatic heterocycles. The van der Waals surface area contributed by atoms with E-state index in [-0.39, 0.29) is 77.2 Å². The first-order valence-electron chi connectivity index (χ1n) is 14.8. The van der Waals surface area contributed by atoms with Crippen molar-refractivity contribution in [2.24, 2.45) is 46.3 Å². The van der Waals surface area contributed by atoms with Gasteiger partial charge in [0.05, 0.1) is 7.11 Å². The number of hydrogen-bond acceptors (Lipinski definition) is 9. The summed E-state index contributed by atoms with van der Waals surface area (Å²) in [5, 5.41) is 0. The van der Waals surface area contributed by atoms with Crippen molar-refractivity contribution >= 4 is 29.7 Å². The van der Waals surface area contributed by atoms with E-state index in [1.165, 1.54) is 27.9 Å². The number of ether oxygens (including phenoxy) is 4. The highest BCUT2D eigenvalue weighted by atomic mass is 16.6. The van der Waals surface area contributed by atoms with Gasteiger partial charge < -0.3 is 18.9 Å². The van der Waals surface area contributed by atoms with Gasteiger partial charge in [-0.3, -0.25) is 24.0 Å². The highest BCUT2D eigenvalue weighted by Crippen LogP contribution is 2.68. The van der Waals surface area contributed by atoms with Crippen LogP contribution >= 0.6 is 0 Å². The molecule has 4 aliphatic carbocycles. The van der Waals surface area contributed by atoms with Crippen molar-refractivity contribution in [3.63, 3.8) is 0 Å². The first kappa shape index (κ1) is 30.5. The molecule has 4 aliphatic rings. The van der Waals surface area contributed by atoms with E-state index in [4.69, 9.17) is 18.9 Å². The molecule has 0 radical (unpaired) electrons. The maximum Gasteiger partial charge on any atom is 0.305 e. The van der Waals surface area contributed by atoms with E-state index in [0.717, 1.165) is 12.8 Å². The summed E-state index contributed by atoms with van der Waals surface area (Å²) in [6.45, 7) is 10.6. The quantitative estimate of drug-likeness (QED) is 0.328. The van der Waals surface area contributed by atoms with E-state index in [9.17, 15) is 24.0 Å². The van der Waals surface area contributed by atoms with Crippen molar-refractivity contribution < 1.29 is 42.9 Å². The van der Waals surface area contributed by atoms with Gasteiger partial charge >= 0.3 is 23.9 Å². The second-order valence-corrected chi connectivity index (χ2v) is 13.3. The molecular weight excluding hydrogens is 516 g/mol. The summed E-state index contributed by atoms with van der Waals surface area (Å²) >= 11 is 0. The lowest BCUT2D eigenvalue weighted by molar-refractivity contribution is -0.223. The Morgan fingerprint density at radius 1 is 0.950 bits per heavy atom. The molecule has 224 valence electrons. The lowest BCUT2D eigenvalue weighted by Crippen LogP contribution is -2.64. The van der Waals surface area contributed by atoms with Gasteiger partial charge in [-0.1, -0.05) is 20.8 Å². The number of carbonyl (C=O) groups is 5. The van der Waals surface area contributed by atoms with Crippen LogP contribution in [0.25, 0.3) is 0 Å². The highest BCUT2D eigenvalue weighted by Gasteiger charge is 2.70. The number of Topliss-reactive ketones (excluding diaryl/α,β-unsaturated/α-hetero) is 1. The van der Waals surface area contributed by atoms with Gasteiger partial charge in [-0.25, -0.2) is 0 Å². The molecule has 40 heavy (non-hydrogen) atoms. The molecule has 0 unspecified atom stereocenters. The van der Waals surface area contributed by atoms with Gasteiger partial charge in [-0.2, -0.15) is 0 Å². The van der Waals surface area contributed by atoms with Crippen LogP contribution < -0.4 is 0 Å². The molecule has 0 aromatic rings. The molecule has 9 heteroatoms. The summed E-state index contributed by atoms with van der Waals surface area (Å²) in [7, 11) is 1.37. The van der Waals surface area contributed by atoms with Crippen LogP contribution in [0.3, 0.4) is 0 Å². The molecular formula is C31H46O9. The minimum absolute atomic E-state index is 0.00983. The average molecular weight is 563 g/mol. The summed E-state index contributed by atoms with van der Waals surface area (Å²) < 4.78 is 22.5. The first-order chi connectivity index (χ1) is 18.7. The monoisotopic (exact) mass is 562 g/mol. The lowest BCUT2D eigenvalue weighted by atomic mass is 9.43. The molecule has 4 rings (SSSR count). The van der Waals surface area contributed by atoms with Crippen LogP contribution in [-0.2, 0) is 42.9 Å². The Labute approximate surface area is 237 Å². The summed E-state index contributed by atoms with van der Waals surface area (Å²) in [6, 6.07) is 0. The molecule has 0 spiro atoms. The number of fused-ring (bicyclic) bond motifs is 5. The zero-order valence-corrected chi connectivity index (χ0v) is 25.0. The van der Waals surface area contributed by atoms with Gasteiger partial charge in [-0.05, 0) is 67.6 Å². The number of ketones is 1. The molecule has 0 aliphatic heterocycles. The molecule has 0 heterocycles. The minimum atomic E-state index is -0.657. The zero-order valence-electron chi connectivity index (χ0n) is 25.0. The second-order valence-electron chi connectivity index (χ2n) is 13.3. The summed E-state index contributed by atoms with van der Waals surface area (Å²) in [4.78, 5) is 62.5. The van der Waals surface area contributed by atoms with Gasteiger partial charge in [0.15, 0.2) is 0 Å². The van der Waals surface area contributed by atoms with Crippen molar-refractivity contribution in [2.45, 2.75) is 111 Å². The van der Waals surface area contributed by atoms with Gasteiger partial charge in [0.2, 0.25) is 0 Å². The number of rotatable bonds is 7. The fourth-order valence-corrected chi connectivity index (χ4v) is 9.46. The molecule has 0 saturated heterocycles. The summed E-state index contributed by atoms with van der Waals surface area (Å²) in [5.41, 5.74) is -0.845. The van der Waals surface area contributed by atoms with E-state index in [0.29, 0.717) is 32.1 Å². The second kappa shape index (κ2) is 11.4. The number of esters is 4. The molecule has 0 amide bonds. The van der Waals surface area contributed by atoms with Crippen LogP contribution in [0.15, 0.2) is 0 Å². The maximum atomic E-state index is 14.0. The topological polar surface area (TPSA) is 122 Å². The molecule has 4 saturated carbocycles. The van der Waals surface area contributed by atoms with Crippen LogP contribution in [0.2, 0.25) is 0 Å². The number of carbonyl (C=O) groups excluding carboxylic acids is 5. The van der Waals surface area contributed by atoms with E-state index in [2.05, 4.69) is 20.8 Å². The summed E-state index contributed by atoms with van der Waals surface area (Å²) in [6.07, 6.45) is 3.46. The minimum Gasteiger partial charge on any atom is -0.469 e. The van der Waals surface area contributed by atoms with Gasteiger partial charge in [0.1, 0.15) is 24.1 Å². The van der Waals surface area contributed by atoms with Gasteiger partial charge in [-0.15, -0.1) is 0 Å². The van der Waals surface area contributed by atoms with E-state index < -0.39 is 23.5 Å². The van der Waals surface area contributed by atoms with Gasteiger partial charge in [0, 0.05) is 50.9 Å². The SMILES string of the molecule is COC(=O)CC[C@@H](C)[C@H]1CC(=O)[C@H]2[C@@H]3[C@H](OC(C)=O)C[C@@H]4C[C@H](OC(C)=O)CC[C@]4(C)[C@H]3C[C@H](OC(C)=O)[C@]12C. The predicted molar refractivity (Wildman–Crippen MR) is 143 cm³/mol. The van der Waals surface area contributed by atoms with Crippen molar-refractivity contribution in [1.29, 1.82) is 0 Å². The average Bonchev–Trinajstić information content (AvgIpc) is 3.14. The molecule has 9 nitrogen and oxygen atoms in total. The fraction of sp³-hybridized carbons (Fsp3) is 0.839. The Bertz CT molecular complexity index is 1040. The smallest absolute Gasteiger partial charge is 0.305 e. The highest BCUT2D eigenvalue weighted by molar-refractivity contribution is 5.86. The van der Waals surface area contributed by atoms with Crippen LogP contribution in [0.1, 0.15) is 92.9 Å². The Balaban J connectivity index is 1.74. The Hall–Kier alpha value is -2.45. The Morgan fingerprint density at radius 2 is 1.60 bits per heavy atom. The van der Waals surface area contributed by atoms with E-state index in [1.807, 2.05) is 0 Å². The molecule has 11 atom stereocenters. The Morgan fingerprint density at radius 3 is 2.20 bits per heavy atom. The van der Waals surface area contributed by atoms with Crippen LogP contribution in [0, 0.1) is 46.3 Å². The molecule has 0 N–H and O–H groups in total. The first-order valence-corrected chi connectivity index (χ1v) is 14.8. The largest absolute Gasteiger partial charge is 0.469 e. The zero-order chi connectivity index (χ0) is 29.6. The van der Waals surface area contributed by atoms with Crippen molar-refractivity contribution in [2.75, 3.05) is 7.11 Å². The van der Waals surface area contributed by atoms with Gasteiger partial charge in [0.25, 0.3) is 0 Å². The maximum absolute atomic E-state index is 14.0. The number of methoxy groups -OCH3 is 1. The van der Waals surface area contributed by atoms with Crippen LogP contribution in [-0.4, -0.2) is 55.1 Å². The standard InChI is InChI=1S/C31H46O9/c1-16(8-9-27(36)37-7)22-14-24(35)29-28-23(15-26(31(22,29)6)40-19(4)34)30(5)11-10-21(38-17(2)32)12-20(30)13-25(28)39-18(3)33/h16,20-23,25-26,28-29H,8-15H2,1-7H3/t16-,20+,21-,22-,23+,25-,26+,28+,29+,30+,31+/m1/s1. The van der Waals surface area contributed by atoms with E-state index >= 15 is 0 Å². The molecule has 0 bridgehead atoms. The predicted octanol–water partition coefficient (Wildman–Crippen LogP) is 4.43. The van der Waals surface area contributed by atoms with Crippen molar-refractivity contribution in [1.82, 2.24) is 0 Å². The third kappa shape index (κ3) is 5.41. The Kier molecular flexibility index (Phi) is 8.72. The lowest BCUT2D eigenvalue weighted by Gasteiger charge is -2.63. The molecule has 0 aromatic carbocycles. The van der Waals surface area contributed by atoms with Crippen molar-refractivity contribution in [3.8, 4) is 0 Å². The van der Waals surface area contributed by atoms with Crippen LogP contribution in [0.4, 0.5) is 0 Å². The third-order valence-corrected chi connectivity index (χ3v) is 11.2. The summed E-state index contributed by atoms with van der Waals surface area (Å²) in [5.74, 6) is -1.81. The van der Waals surface area contributed by atoms with E-state index in [1.54, 1.807) is 0 Å². The number of hydrogen-bond donors (Lipinski definition) is 0. The molecule has 4 fully saturated rings. The fourth-order valence-electron chi connectivity index (χ4n) is 9.46. The van der Waals surface area contributed by atoms with Crippen LogP contribution in [0.5, 0.6) is 0 Å². The normalized spacial score (nSPS) is 41.0. The van der Waals surface area contributed by atoms with Crippen molar-refractivity contribution in [3.05, 3.63) is 0 Å².